The molecule has 112 valence electrons. The first-order valence-corrected chi connectivity index (χ1v) is 6.83. The molecule has 6 nitrogen and oxygen atoms in total. The first kappa shape index (κ1) is 15.1. The Bertz CT molecular complexity index is 620. The van der Waals surface area contributed by atoms with Crippen LogP contribution in [0.3, 0.4) is 0 Å². The van der Waals surface area contributed by atoms with Gasteiger partial charge >= 0.3 is 0 Å². The molecule has 1 aromatic heterocycles. The standard InChI is InChI=1S/C15H21N5O/c1-12-17-6-7-20(12)9-8-19(2)11-13-4-3-5-14(10-13)15(16)18-21/h3-7,10,21H,8-9,11H2,1-2H3,(H2,16,18). The smallest absolute Gasteiger partial charge is 0.170 e. The van der Waals surface area contributed by atoms with Crippen LogP contribution >= 0.6 is 0 Å². The highest BCUT2D eigenvalue weighted by Gasteiger charge is 2.05. The maximum atomic E-state index is 8.72. The molecule has 0 bridgehead atoms. The Morgan fingerprint density at radius 1 is 1.48 bits per heavy atom. The highest BCUT2D eigenvalue weighted by Crippen LogP contribution is 2.08. The molecule has 0 aliphatic carbocycles. The van der Waals surface area contributed by atoms with Crippen LogP contribution in [-0.2, 0) is 13.1 Å². The summed E-state index contributed by atoms with van der Waals surface area (Å²) < 4.78 is 2.13. The van der Waals surface area contributed by atoms with Crippen LogP contribution in [0.4, 0.5) is 0 Å². The second-order valence-corrected chi connectivity index (χ2v) is 5.09. The second kappa shape index (κ2) is 6.90. The number of benzene rings is 1. The maximum absolute atomic E-state index is 8.72. The van der Waals surface area contributed by atoms with E-state index >= 15 is 0 Å². The number of imidazole rings is 1. The van der Waals surface area contributed by atoms with Gasteiger partial charge in [0.1, 0.15) is 5.82 Å². The topological polar surface area (TPSA) is 79.7 Å². The molecule has 0 saturated carbocycles. The summed E-state index contributed by atoms with van der Waals surface area (Å²) in [6.07, 6.45) is 3.80. The summed E-state index contributed by atoms with van der Waals surface area (Å²) in [6.45, 7) is 4.63. The van der Waals surface area contributed by atoms with Gasteiger partial charge in [-0.05, 0) is 25.6 Å². The first-order valence-electron chi connectivity index (χ1n) is 6.83. The van der Waals surface area contributed by atoms with Gasteiger partial charge in [0.25, 0.3) is 0 Å². The highest BCUT2D eigenvalue weighted by atomic mass is 16.4. The Kier molecular flexibility index (Phi) is 4.94. The SMILES string of the molecule is Cc1nccn1CCN(C)Cc1cccc(C(N)=NO)c1. The molecule has 0 fully saturated rings. The molecule has 6 heteroatoms. The molecule has 0 spiro atoms. The van der Waals surface area contributed by atoms with Crippen molar-refractivity contribution in [1.82, 2.24) is 14.5 Å². The summed E-state index contributed by atoms with van der Waals surface area (Å²) in [6, 6.07) is 7.71. The summed E-state index contributed by atoms with van der Waals surface area (Å²) in [5.41, 5.74) is 7.47. The van der Waals surface area contributed by atoms with Crippen LogP contribution in [0.15, 0.2) is 41.8 Å². The van der Waals surface area contributed by atoms with E-state index in [1.807, 2.05) is 43.6 Å². The van der Waals surface area contributed by atoms with E-state index in [0.29, 0.717) is 0 Å². The molecule has 0 saturated heterocycles. The Morgan fingerprint density at radius 3 is 2.95 bits per heavy atom. The largest absolute Gasteiger partial charge is 0.409 e. The molecule has 0 aliphatic heterocycles. The van der Waals surface area contributed by atoms with Gasteiger partial charge in [0, 0.05) is 37.6 Å². The molecule has 0 aliphatic rings. The van der Waals surface area contributed by atoms with E-state index in [4.69, 9.17) is 10.9 Å². The maximum Gasteiger partial charge on any atom is 0.170 e. The van der Waals surface area contributed by atoms with Crippen LogP contribution in [0.5, 0.6) is 0 Å². The predicted molar refractivity (Wildman–Crippen MR) is 82.3 cm³/mol. The van der Waals surface area contributed by atoms with Crippen LogP contribution < -0.4 is 5.73 Å². The molecule has 3 N–H and O–H groups in total. The van der Waals surface area contributed by atoms with E-state index in [1.165, 1.54) is 0 Å². The van der Waals surface area contributed by atoms with Crippen molar-refractivity contribution in [3.05, 3.63) is 53.6 Å². The summed E-state index contributed by atoms with van der Waals surface area (Å²) in [4.78, 5) is 6.44. The number of nitrogens with zero attached hydrogens (tertiary/aromatic N) is 4. The van der Waals surface area contributed by atoms with Crippen molar-refractivity contribution in [2.45, 2.75) is 20.0 Å². The average molecular weight is 287 g/mol. The fourth-order valence-electron chi connectivity index (χ4n) is 2.20. The molecule has 1 heterocycles. The number of amidine groups is 1. The molecule has 0 atom stereocenters. The molecular weight excluding hydrogens is 266 g/mol. The normalized spacial score (nSPS) is 12.0. The molecular formula is C15H21N5O. The van der Waals surface area contributed by atoms with Gasteiger partial charge in [-0.2, -0.15) is 0 Å². The number of likely N-dealkylation sites (N-methyl/N-ethyl adjacent to an activating group) is 1. The number of hydrogen-bond acceptors (Lipinski definition) is 4. The zero-order chi connectivity index (χ0) is 15.2. The first-order chi connectivity index (χ1) is 10.1. The number of oxime groups is 1. The Labute approximate surface area is 124 Å². The van der Waals surface area contributed by atoms with E-state index in [-0.39, 0.29) is 5.84 Å². The van der Waals surface area contributed by atoms with Crippen molar-refractivity contribution in [1.29, 1.82) is 0 Å². The van der Waals surface area contributed by atoms with Gasteiger partial charge in [0.2, 0.25) is 0 Å². The fourth-order valence-corrected chi connectivity index (χ4v) is 2.20. The quantitative estimate of drug-likeness (QED) is 0.364. The van der Waals surface area contributed by atoms with E-state index in [9.17, 15) is 0 Å². The molecule has 21 heavy (non-hydrogen) atoms. The van der Waals surface area contributed by atoms with Crippen LogP contribution in [-0.4, -0.2) is 39.1 Å². The summed E-state index contributed by atoms with van der Waals surface area (Å²) in [5, 5.41) is 11.8. The predicted octanol–water partition coefficient (Wildman–Crippen LogP) is 1.42. The lowest BCUT2D eigenvalue weighted by molar-refractivity contribution is 0.310. The van der Waals surface area contributed by atoms with Crippen molar-refractivity contribution in [3.63, 3.8) is 0 Å². The van der Waals surface area contributed by atoms with Gasteiger partial charge in [0.05, 0.1) is 0 Å². The van der Waals surface area contributed by atoms with Crippen LogP contribution in [0.25, 0.3) is 0 Å². The van der Waals surface area contributed by atoms with Gasteiger partial charge in [-0.1, -0.05) is 23.4 Å². The van der Waals surface area contributed by atoms with Crippen molar-refractivity contribution >= 4 is 5.84 Å². The number of hydrogen-bond donors (Lipinski definition) is 2. The van der Waals surface area contributed by atoms with Crippen molar-refractivity contribution < 1.29 is 5.21 Å². The van der Waals surface area contributed by atoms with Crippen LogP contribution in [0.2, 0.25) is 0 Å². The van der Waals surface area contributed by atoms with Gasteiger partial charge in [-0.15, -0.1) is 0 Å². The Hall–Kier alpha value is -2.34. The van der Waals surface area contributed by atoms with E-state index in [0.717, 1.165) is 36.6 Å². The van der Waals surface area contributed by atoms with Gasteiger partial charge < -0.3 is 20.4 Å². The Balaban J connectivity index is 1.93. The third kappa shape index (κ3) is 4.06. The lowest BCUT2D eigenvalue weighted by Crippen LogP contribution is -2.23. The van der Waals surface area contributed by atoms with Crippen LogP contribution in [0.1, 0.15) is 17.0 Å². The number of aromatic nitrogens is 2. The number of rotatable bonds is 6. The van der Waals surface area contributed by atoms with Gasteiger partial charge in [-0.25, -0.2) is 4.98 Å². The van der Waals surface area contributed by atoms with Crippen molar-refractivity contribution in [2.75, 3.05) is 13.6 Å². The van der Waals surface area contributed by atoms with Crippen LogP contribution in [0, 0.1) is 6.92 Å². The minimum atomic E-state index is 0.133. The molecule has 2 rings (SSSR count). The number of aryl methyl sites for hydroxylation is 1. The van der Waals surface area contributed by atoms with Crippen molar-refractivity contribution in [3.8, 4) is 0 Å². The summed E-state index contributed by atoms with van der Waals surface area (Å²) >= 11 is 0. The summed E-state index contributed by atoms with van der Waals surface area (Å²) in [5.74, 6) is 1.16. The lowest BCUT2D eigenvalue weighted by atomic mass is 10.1. The van der Waals surface area contributed by atoms with E-state index < -0.39 is 0 Å². The minimum Gasteiger partial charge on any atom is -0.409 e. The van der Waals surface area contributed by atoms with Crippen molar-refractivity contribution in [2.24, 2.45) is 10.9 Å². The second-order valence-electron chi connectivity index (χ2n) is 5.09. The monoisotopic (exact) mass is 287 g/mol. The van der Waals surface area contributed by atoms with Gasteiger partial charge in [0.15, 0.2) is 5.84 Å². The molecule has 1 aromatic carbocycles. The molecule has 0 unspecified atom stereocenters. The fraction of sp³-hybridized carbons (Fsp3) is 0.333. The zero-order valence-electron chi connectivity index (χ0n) is 12.4. The lowest BCUT2D eigenvalue weighted by Gasteiger charge is -2.18. The molecule has 0 amide bonds. The molecule has 2 aromatic rings. The summed E-state index contributed by atoms with van der Waals surface area (Å²) in [7, 11) is 2.07. The Morgan fingerprint density at radius 2 is 2.29 bits per heavy atom. The van der Waals surface area contributed by atoms with E-state index in [1.54, 1.807) is 0 Å². The zero-order valence-corrected chi connectivity index (χ0v) is 12.4. The van der Waals surface area contributed by atoms with Gasteiger partial charge in [-0.3, -0.25) is 0 Å². The minimum absolute atomic E-state index is 0.133. The third-order valence-corrected chi connectivity index (χ3v) is 3.43. The average Bonchev–Trinajstić information content (AvgIpc) is 2.90. The molecule has 0 radical (unpaired) electrons. The number of nitrogens with two attached hydrogens (primary N) is 1. The van der Waals surface area contributed by atoms with E-state index in [2.05, 4.69) is 26.7 Å². The highest BCUT2D eigenvalue weighted by molar-refractivity contribution is 5.97. The third-order valence-electron chi connectivity index (χ3n) is 3.43.